The molecular weight excluding hydrogens is 268 g/mol. The van der Waals surface area contributed by atoms with Crippen LogP contribution in [-0.2, 0) is 28.6 Å². The molecule has 0 saturated carbocycles. The van der Waals surface area contributed by atoms with Gasteiger partial charge in [0.25, 0.3) is 20.2 Å². The zero-order valence-electron chi connectivity index (χ0n) is 10.5. The van der Waals surface area contributed by atoms with E-state index in [1.165, 1.54) is 6.92 Å². The van der Waals surface area contributed by atoms with Crippen LogP contribution < -0.4 is 0 Å². The smallest absolute Gasteiger partial charge is 0.264 e. The number of hydrogen-bond donors (Lipinski definition) is 0. The van der Waals surface area contributed by atoms with Crippen molar-refractivity contribution < 1.29 is 25.2 Å². The summed E-state index contributed by atoms with van der Waals surface area (Å²) in [6, 6.07) is 0. The number of unbranched alkanes of at least 4 members (excludes halogenated alkanes) is 1. The summed E-state index contributed by atoms with van der Waals surface area (Å²) in [6.07, 6.45) is 2.26. The van der Waals surface area contributed by atoms with Crippen molar-refractivity contribution in [3.63, 3.8) is 0 Å². The van der Waals surface area contributed by atoms with Crippen molar-refractivity contribution in [2.75, 3.05) is 12.5 Å². The maximum atomic E-state index is 11.0. The van der Waals surface area contributed by atoms with Gasteiger partial charge < -0.3 is 0 Å². The summed E-state index contributed by atoms with van der Waals surface area (Å²) in [5, 5.41) is 0. The summed E-state index contributed by atoms with van der Waals surface area (Å²) in [5.74, 6) is 0. The molecule has 6 nitrogen and oxygen atoms in total. The molecule has 0 aliphatic carbocycles. The van der Waals surface area contributed by atoms with E-state index in [0.717, 1.165) is 25.4 Å². The van der Waals surface area contributed by atoms with Gasteiger partial charge in [0.2, 0.25) is 0 Å². The minimum Gasteiger partial charge on any atom is -0.264 e. The molecule has 0 aliphatic rings. The Morgan fingerprint density at radius 2 is 1.47 bits per heavy atom. The third kappa shape index (κ3) is 9.51. The maximum Gasteiger partial charge on any atom is 0.264 e. The molecule has 8 heteroatoms. The molecule has 0 N–H and O–H groups in total. The van der Waals surface area contributed by atoms with Gasteiger partial charge in [-0.3, -0.25) is 8.37 Å². The molecule has 0 heterocycles. The molecule has 104 valence electrons. The van der Waals surface area contributed by atoms with Crippen LogP contribution in [0.5, 0.6) is 0 Å². The van der Waals surface area contributed by atoms with Gasteiger partial charge >= 0.3 is 0 Å². The van der Waals surface area contributed by atoms with Crippen LogP contribution in [0.1, 0.15) is 33.1 Å². The van der Waals surface area contributed by atoms with Crippen LogP contribution in [0.25, 0.3) is 0 Å². The number of hydrogen-bond acceptors (Lipinski definition) is 6. The Kier molecular flexibility index (Phi) is 6.60. The zero-order chi connectivity index (χ0) is 13.7. The normalized spacial score (nSPS) is 16.7. The van der Waals surface area contributed by atoms with E-state index in [-0.39, 0.29) is 0 Å². The highest BCUT2D eigenvalue weighted by molar-refractivity contribution is 7.86. The Morgan fingerprint density at radius 1 is 1.00 bits per heavy atom. The predicted octanol–water partition coefficient (Wildman–Crippen LogP) is 0.886. The van der Waals surface area contributed by atoms with Crippen molar-refractivity contribution >= 4 is 20.2 Å². The Balaban J connectivity index is 4.67. The molecule has 0 amide bonds. The van der Waals surface area contributed by atoms with Crippen LogP contribution in [-0.4, -0.2) is 41.6 Å². The molecule has 0 aromatic rings. The van der Waals surface area contributed by atoms with Crippen LogP contribution >= 0.6 is 0 Å². The first-order chi connectivity index (χ1) is 7.55. The van der Waals surface area contributed by atoms with E-state index in [2.05, 4.69) is 0 Å². The second-order valence-corrected chi connectivity index (χ2v) is 7.19. The van der Waals surface area contributed by atoms with Crippen molar-refractivity contribution in [1.29, 1.82) is 0 Å². The molecule has 0 bridgehead atoms. The summed E-state index contributed by atoms with van der Waals surface area (Å²) >= 11 is 0. The molecule has 0 rings (SSSR count). The molecule has 2 atom stereocenters. The number of rotatable bonds is 8. The van der Waals surface area contributed by atoms with Gasteiger partial charge in [-0.15, -0.1) is 0 Å². The van der Waals surface area contributed by atoms with Crippen molar-refractivity contribution in [3.8, 4) is 0 Å². The second-order valence-electron chi connectivity index (χ2n) is 3.99. The van der Waals surface area contributed by atoms with Crippen LogP contribution in [0.3, 0.4) is 0 Å². The monoisotopic (exact) mass is 288 g/mol. The summed E-state index contributed by atoms with van der Waals surface area (Å²) in [5.41, 5.74) is 0. The standard InChI is InChI=1S/C9H20O6S2/c1-5-6-7-9(15-17(4,12)13)8(2)14-16(3,10)11/h8-9H,5-7H2,1-4H3. The molecule has 0 aromatic heterocycles. The van der Waals surface area contributed by atoms with Crippen LogP contribution in [0.2, 0.25) is 0 Å². The predicted molar refractivity (Wildman–Crippen MR) is 64.6 cm³/mol. The SMILES string of the molecule is CCCCC(OS(C)(=O)=O)C(C)OS(C)(=O)=O. The lowest BCUT2D eigenvalue weighted by Crippen LogP contribution is -2.32. The molecule has 0 spiro atoms. The highest BCUT2D eigenvalue weighted by Gasteiger charge is 2.25. The molecule has 17 heavy (non-hydrogen) atoms. The minimum atomic E-state index is -3.63. The average molecular weight is 288 g/mol. The molecule has 0 radical (unpaired) electrons. The van der Waals surface area contributed by atoms with E-state index in [1.807, 2.05) is 6.92 Å². The van der Waals surface area contributed by atoms with E-state index < -0.39 is 32.4 Å². The van der Waals surface area contributed by atoms with Gasteiger partial charge in [-0.05, 0) is 13.3 Å². The third-order valence-electron chi connectivity index (χ3n) is 1.99. The molecule has 0 aromatic carbocycles. The van der Waals surface area contributed by atoms with Crippen molar-refractivity contribution in [1.82, 2.24) is 0 Å². The third-order valence-corrected chi connectivity index (χ3v) is 3.24. The van der Waals surface area contributed by atoms with E-state index >= 15 is 0 Å². The first-order valence-electron chi connectivity index (χ1n) is 5.31. The quantitative estimate of drug-likeness (QED) is 0.616. The lowest BCUT2D eigenvalue weighted by atomic mass is 10.1. The zero-order valence-corrected chi connectivity index (χ0v) is 12.2. The Hall–Kier alpha value is -0.180. The average Bonchev–Trinajstić information content (AvgIpc) is 2.07. The fourth-order valence-corrected chi connectivity index (χ4v) is 2.71. The Morgan fingerprint density at radius 3 is 1.82 bits per heavy atom. The van der Waals surface area contributed by atoms with E-state index in [0.29, 0.717) is 6.42 Å². The van der Waals surface area contributed by atoms with Crippen molar-refractivity contribution in [3.05, 3.63) is 0 Å². The molecule has 0 aliphatic heterocycles. The van der Waals surface area contributed by atoms with Gasteiger partial charge in [0.1, 0.15) is 12.2 Å². The van der Waals surface area contributed by atoms with Gasteiger partial charge in [0.15, 0.2) is 0 Å². The second kappa shape index (κ2) is 6.67. The lowest BCUT2D eigenvalue weighted by molar-refractivity contribution is 0.0685. The van der Waals surface area contributed by atoms with Crippen molar-refractivity contribution in [2.24, 2.45) is 0 Å². The molecule has 2 unspecified atom stereocenters. The summed E-state index contributed by atoms with van der Waals surface area (Å²) in [6.45, 7) is 3.42. The van der Waals surface area contributed by atoms with Gasteiger partial charge in [-0.1, -0.05) is 19.8 Å². The van der Waals surface area contributed by atoms with Gasteiger partial charge in [0.05, 0.1) is 12.5 Å². The topological polar surface area (TPSA) is 86.7 Å². The summed E-state index contributed by atoms with van der Waals surface area (Å²) in [7, 11) is -7.25. The van der Waals surface area contributed by atoms with Crippen molar-refractivity contribution in [2.45, 2.75) is 45.3 Å². The van der Waals surface area contributed by atoms with Crippen LogP contribution in [0.15, 0.2) is 0 Å². The summed E-state index contributed by atoms with van der Waals surface area (Å²) < 4.78 is 53.6. The first-order valence-corrected chi connectivity index (χ1v) is 8.95. The Labute approximate surface area is 104 Å². The van der Waals surface area contributed by atoms with Gasteiger partial charge in [-0.2, -0.15) is 16.8 Å². The fraction of sp³-hybridized carbons (Fsp3) is 1.00. The maximum absolute atomic E-state index is 11.0. The first kappa shape index (κ1) is 16.8. The fourth-order valence-electron chi connectivity index (χ4n) is 1.33. The van der Waals surface area contributed by atoms with Gasteiger partial charge in [-0.25, -0.2) is 0 Å². The van der Waals surface area contributed by atoms with Gasteiger partial charge in [0, 0.05) is 0 Å². The van der Waals surface area contributed by atoms with E-state index in [9.17, 15) is 16.8 Å². The summed E-state index contributed by atoms with van der Waals surface area (Å²) in [4.78, 5) is 0. The Bertz CT molecular complexity index is 411. The van der Waals surface area contributed by atoms with E-state index in [4.69, 9.17) is 8.37 Å². The highest BCUT2D eigenvalue weighted by atomic mass is 32.2. The van der Waals surface area contributed by atoms with Crippen LogP contribution in [0.4, 0.5) is 0 Å². The largest absolute Gasteiger partial charge is 0.264 e. The molecule has 0 saturated heterocycles. The molecular formula is C9H20O6S2. The molecule has 0 fully saturated rings. The lowest BCUT2D eigenvalue weighted by Gasteiger charge is -2.22. The van der Waals surface area contributed by atoms with Crippen LogP contribution in [0, 0.1) is 0 Å². The minimum absolute atomic E-state index is 0.431. The highest BCUT2D eigenvalue weighted by Crippen LogP contribution is 2.15. The van der Waals surface area contributed by atoms with E-state index in [1.54, 1.807) is 0 Å².